The van der Waals surface area contributed by atoms with E-state index in [1.807, 2.05) is 0 Å². The molecule has 0 aromatic carbocycles. The van der Waals surface area contributed by atoms with E-state index in [2.05, 4.69) is 4.74 Å². The molecule has 1 heterocycles. The molecule has 17 heavy (non-hydrogen) atoms. The number of nitrogens with zero attached hydrogens (tertiary/aromatic N) is 1. The Morgan fingerprint density at radius 1 is 1.53 bits per heavy atom. The first-order chi connectivity index (χ1) is 7.86. The van der Waals surface area contributed by atoms with Crippen molar-refractivity contribution in [2.24, 2.45) is 5.92 Å². The number of piperidine rings is 1. The fourth-order valence-electron chi connectivity index (χ4n) is 1.82. The van der Waals surface area contributed by atoms with Gasteiger partial charge in [0.05, 0.1) is 19.6 Å². The second kappa shape index (κ2) is 5.29. The third-order valence-corrected chi connectivity index (χ3v) is 2.74. The molecule has 1 N–H and O–H groups in total. The van der Waals surface area contributed by atoms with Gasteiger partial charge in [0.15, 0.2) is 0 Å². The van der Waals surface area contributed by atoms with Crippen molar-refractivity contribution >= 4 is 12.1 Å². The van der Waals surface area contributed by atoms with Gasteiger partial charge < -0.3 is 14.7 Å². The van der Waals surface area contributed by atoms with Crippen LogP contribution >= 0.6 is 0 Å². The highest BCUT2D eigenvalue weighted by molar-refractivity contribution is 5.70. The second-order valence-electron chi connectivity index (χ2n) is 3.96. The molecule has 0 radical (unpaired) electrons. The Kier molecular flexibility index (Phi) is 4.25. The topological polar surface area (TPSA) is 66.8 Å². The van der Waals surface area contributed by atoms with E-state index in [1.165, 1.54) is 0 Å². The molecule has 1 rings (SSSR count). The highest BCUT2D eigenvalue weighted by Gasteiger charge is 2.46. The number of hydrogen-bond acceptors (Lipinski definition) is 3. The molecule has 1 unspecified atom stereocenters. The lowest BCUT2D eigenvalue weighted by Crippen LogP contribution is -2.50. The molecule has 0 aromatic rings. The van der Waals surface area contributed by atoms with Crippen molar-refractivity contribution < 1.29 is 28.2 Å². The Morgan fingerprint density at radius 3 is 2.65 bits per heavy atom. The molecule has 1 atom stereocenters. The van der Waals surface area contributed by atoms with Gasteiger partial charge in [0, 0.05) is 12.5 Å². The first-order valence-electron chi connectivity index (χ1n) is 5.38. The summed E-state index contributed by atoms with van der Waals surface area (Å²) in [5.41, 5.74) is 0. The Hall–Kier alpha value is -1.40. The van der Waals surface area contributed by atoms with E-state index in [0.29, 0.717) is 4.90 Å². The quantitative estimate of drug-likeness (QED) is 0.773. The summed E-state index contributed by atoms with van der Waals surface area (Å²) in [4.78, 5) is 22.4. The van der Waals surface area contributed by atoms with Crippen LogP contribution in [0.1, 0.15) is 19.8 Å². The van der Waals surface area contributed by atoms with E-state index in [1.54, 1.807) is 6.92 Å². The fraction of sp³-hybridized carbons (Fsp3) is 0.800. The number of rotatable bonds is 3. The van der Waals surface area contributed by atoms with Crippen molar-refractivity contribution in [1.29, 1.82) is 0 Å². The van der Waals surface area contributed by atoms with Gasteiger partial charge in [0.2, 0.25) is 0 Å². The lowest BCUT2D eigenvalue weighted by Gasteiger charge is -2.36. The Morgan fingerprint density at radius 2 is 2.18 bits per heavy atom. The number of likely N-dealkylation sites (tertiary alicyclic amines) is 1. The van der Waals surface area contributed by atoms with E-state index in [9.17, 15) is 18.4 Å². The molecule has 0 aliphatic carbocycles. The molecule has 5 nitrogen and oxygen atoms in total. The summed E-state index contributed by atoms with van der Waals surface area (Å²) >= 11 is 0. The van der Waals surface area contributed by atoms with E-state index >= 15 is 0 Å². The number of hydrogen-bond donors (Lipinski definition) is 1. The van der Waals surface area contributed by atoms with Crippen molar-refractivity contribution in [1.82, 2.24) is 4.90 Å². The highest BCUT2D eigenvalue weighted by atomic mass is 19.3. The summed E-state index contributed by atoms with van der Waals surface area (Å²) in [5.74, 6) is -4.98. The van der Waals surface area contributed by atoms with Crippen molar-refractivity contribution in [3.63, 3.8) is 0 Å². The van der Waals surface area contributed by atoms with Gasteiger partial charge >= 0.3 is 12.1 Å². The average Bonchev–Trinajstić information content (AvgIpc) is 2.20. The number of amides is 1. The molecule has 1 fully saturated rings. The predicted octanol–water partition coefficient (Wildman–Crippen LogP) is 1.57. The first-order valence-corrected chi connectivity index (χ1v) is 5.38. The van der Waals surface area contributed by atoms with Crippen LogP contribution in [-0.2, 0) is 9.53 Å². The maximum Gasteiger partial charge on any atom is 0.407 e. The molecule has 1 amide bonds. The molecule has 1 saturated heterocycles. The third kappa shape index (κ3) is 3.54. The predicted molar refractivity (Wildman–Crippen MR) is 53.9 cm³/mol. The molecule has 0 saturated carbocycles. The number of halogens is 2. The summed E-state index contributed by atoms with van der Waals surface area (Å²) in [6, 6.07) is 0. The van der Waals surface area contributed by atoms with Crippen LogP contribution in [0.3, 0.4) is 0 Å². The smallest absolute Gasteiger partial charge is 0.407 e. The molecule has 98 valence electrons. The van der Waals surface area contributed by atoms with Crippen LogP contribution in [-0.4, -0.2) is 47.7 Å². The van der Waals surface area contributed by atoms with Gasteiger partial charge in [-0.3, -0.25) is 4.79 Å². The number of ether oxygens (including phenoxy) is 1. The minimum absolute atomic E-state index is 0.0228. The zero-order valence-corrected chi connectivity index (χ0v) is 9.49. The molecule has 0 aromatic heterocycles. The van der Waals surface area contributed by atoms with Crippen molar-refractivity contribution in [2.75, 3.05) is 19.7 Å². The lowest BCUT2D eigenvalue weighted by molar-refractivity contribution is -0.153. The molecular formula is C10H15F2NO4. The lowest BCUT2D eigenvalue weighted by atomic mass is 9.90. The van der Waals surface area contributed by atoms with Gasteiger partial charge in [-0.1, -0.05) is 0 Å². The van der Waals surface area contributed by atoms with Crippen LogP contribution in [0.15, 0.2) is 0 Å². The molecule has 0 spiro atoms. The second-order valence-corrected chi connectivity index (χ2v) is 3.96. The van der Waals surface area contributed by atoms with E-state index in [0.717, 1.165) is 0 Å². The number of carbonyl (C=O) groups excluding carboxylic acids is 1. The standard InChI is InChI=1S/C10H15F2NO4/c1-2-17-8(14)5-7-3-4-13(9(15)16)6-10(7,11)12/h7H,2-6H2,1H3,(H,15,16). The van der Waals surface area contributed by atoms with Gasteiger partial charge in [-0.15, -0.1) is 0 Å². The van der Waals surface area contributed by atoms with Gasteiger partial charge in [-0.05, 0) is 13.3 Å². The van der Waals surface area contributed by atoms with E-state index < -0.39 is 30.4 Å². The van der Waals surface area contributed by atoms with Crippen LogP contribution < -0.4 is 0 Å². The number of carboxylic acid groups (broad SMARTS) is 1. The van der Waals surface area contributed by atoms with Crippen molar-refractivity contribution in [2.45, 2.75) is 25.7 Å². The fourth-order valence-corrected chi connectivity index (χ4v) is 1.82. The largest absolute Gasteiger partial charge is 0.466 e. The maximum atomic E-state index is 13.6. The summed E-state index contributed by atoms with van der Waals surface area (Å²) in [7, 11) is 0. The number of alkyl halides is 2. The molecular weight excluding hydrogens is 236 g/mol. The van der Waals surface area contributed by atoms with Crippen LogP contribution in [0, 0.1) is 5.92 Å². The zero-order chi connectivity index (χ0) is 13.1. The summed E-state index contributed by atoms with van der Waals surface area (Å²) in [6.07, 6.45) is -1.76. The van der Waals surface area contributed by atoms with Gasteiger partial charge in [0.25, 0.3) is 5.92 Å². The summed E-state index contributed by atoms with van der Waals surface area (Å²) in [5, 5.41) is 8.62. The minimum atomic E-state index is -3.18. The normalized spacial score (nSPS) is 23.2. The number of carbonyl (C=O) groups is 2. The summed E-state index contributed by atoms with van der Waals surface area (Å²) in [6.45, 7) is 0.919. The molecule has 0 bridgehead atoms. The maximum absolute atomic E-state index is 13.6. The highest BCUT2D eigenvalue weighted by Crippen LogP contribution is 2.35. The molecule has 1 aliphatic heterocycles. The Balaban J connectivity index is 2.58. The van der Waals surface area contributed by atoms with Crippen LogP contribution in [0.5, 0.6) is 0 Å². The Bertz CT molecular complexity index is 309. The number of esters is 1. The first kappa shape index (κ1) is 13.7. The van der Waals surface area contributed by atoms with Gasteiger partial charge in [-0.2, -0.15) is 0 Å². The van der Waals surface area contributed by atoms with Crippen molar-refractivity contribution in [3.05, 3.63) is 0 Å². The molecule has 7 heteroatoms. The van der Waals surface area contributed by atoms with Crippen LogP contribution in [0.25, 0.3) is 0 Å². The van der Waals surface area contributed by atoms with Crippen molar-refractivity contribution in [3.8, 4) is 0 Å². The Labute approximate surface area is 97.3 Å². The van der Waals surface area contributed by atoms with Crippen LogP contribution in [0.2, 0.25) is 0 Å². The zero-order valence-electron chi connectivity index (χ0n) is 9.49. The van der Waals surface area contributed by atoms with Gasteiger partial charge in [0.1, 0.15) is 0 Å². The average molecular weight is 251 g/mol. The monoisotopic (exact) mass is 251 g/mol. The van der Waals surface area contributed by atoms with E-state index in [4.69, 9.17) is 5.11 Å². The summed E-state index contributed by atoms with van der Waals surface area (Å²) < 4.78 is 31.7. The van der Waals surface area contributed by atoms with E-state index in [-0.39, 0.29) is 26.0 Å². The minimum Gasteiger partial charge on any atom is -0.466 e. The van der Waals surface area contributed by atoms with Gasteiger partial charge in [-0.25, -0.2) is 13.6 Å². The SMILES string of the molecule is CCOC(=O)CC1CCN(C(=O)O)CC1(F)F. The third-order valence-electron chi connectivity index (χ3n) is 2.74. The molecule has 1 aliphatic rings. The van der Waals surface area contributed by atoms with Crippen LogP contribution in [0.4, 0.5) is 13.6 Å².